The van der Waals surface area contributed by atoms with Gasteiger partial charge in [0.25, 0.3) is 0 Å². The van der Waals surface area contributed by atoms with Crippen molar-refractivity contribution in [3.63, 3.8) is 0 Å². The molecule has 1 saturated heterocycles. The second kappa shape index (κ2) is 7.70. The highest BCUT2D eigenvalue weighted by Crippen LogP contribution is 2.48. The van der Waals surface area contributed by atoms with Crippen LogP contribution in [-0.2, 0) is 10.2 Å². The van der Waals surface area contributed by atoms with Crippen LogP contribution < -0.4 is 10.6 Å². The zero-order valence-electron chi connectivity index (χ0n) is 14.9. The summed E-state index contributed by atoms with van der Waals surface area (Å²) in [6.07, 6.45) is 3.16. The topological polar surface area (TPSA) is 65.9 Å². The minimum absolute atomic E-state index is 0.139. The van der Waals surface area contributed by atoms with E-state index in [0.717, 1.165) is 24.9 Å². The number of nitrogens with zero attached hydrogens (tertiary/aromatic N) is 1. The van der Waals surface area contributed by atoms with E-state index in [2.05, 4.69) is 15.6 Å². The monoisotopic (exact) mass is 349 g/mol. The van der Waals surface area contributed by atoms with E-state index >= 15 is 0 Å². The van der Waals surface area contributed by atoms with E-state index in [1.54, 1.807) is 6.07 Å². The molecule has 0 atom stereocenters. The molecular weight excluding hydrogens is 321 g/mol. The van der Waals surface area contributed by atoms with Gasteiger partial charge in [0.1, 0.15) is 5.82 Å². The second-order valence-corrected chi connectivity index (χ2v) is 7.15. The lowest BCUT2D eigenvalue weighted by molar-refractivity contribution is -0.0565. The Morgan fingerprint density at radius 2 is 1.92 bits per heavy atom. The number of hydrogen-bond donors (Lipinski definition) is 3. The molecule has 2 fully saturated rings. The van der Waals surface area contributed by atoms with E-state index in [9.17, 15) is 9.50 Å². The standard InChI is InChI=1S/C19H28FN3O2/c1-2-21-17(23-14-19(24)9-11-25-12-10-19)22-13-18(7-8-18)15-5-3-4-6-16(15)20/h3-6,24H,2,7-14H2,1H3,(H2,21,22,23). The molecule has 1 heterocycles. The maximum atomic E-state index is 14.1. The summed E-state index contributed by atoms with van der Waals surface area (Å²) in [6, 6.07) is 7.01. The number of hydrogen-bond acceptors (Lipinski definition) is 3. The third-order valence-electron chi connectivity index (χ3n) is 5.19. The smallest absolute Gasteiger partial charge is 0.191 e. The molecule has 0 unspecified atom stereocenters. The second-order valence-electron chi connectivity index (χ2n) is 7.15. The summed E-state index contributed by atoms with van der Waals surface area (Å²) in [6.45, 7) is 4.88. The molecule has 3 rings (SSSR count). The van der Waals surface area contributed by atoms with Crippen molar-refractivity contribution < 1.29 is 14.2 Å². The number of ether oxygens (including phenoxy) is 1. The third-order valence-corrected chi connectivity index (χ3v) is 5.19. The lowest BCUT2D eigenvalue weighted by Crippen LogP contribution is -2.44. The molecule has 0 spiro atoms. The molecular formula is C19H28FN3O2. The number of benzene rings is 1. The van der Waals surface area contributed by atoms with Crippen molar-refractivity contribution in [2.24, 2.45) is 4.99 Å². The fourth-order valence-corrected chi connectivity index (χ4v) is 3.31. The fraction of sp³-hybridized carbons (Fsp3) is 0.632. The van der Waals surface area contributed by atoms with Gasteiger partial charge >= 0.3 is 0 Å². The molecule has 1 aliphatic heterocycles. The fourth-order valence-electron chi connectivity index (χ4n) is 3.31. The minimum Gasteiger partial charge on any atom is -0.388 e. The molecule has 138 valence electrons. The molecule has 1 aromatic rings. The number of aliphatic hydroxyl groups is 1. The van der Waals surface area contributed by atoms with Gasteiger partial charge in [-0.3, -0.25) is 4.99 Å². The predicted octanol–water partition coefficient (Wildman–Crippen LogP) is 1.95. The van der Waals surface area contributed by atoms with Crippen LogP contribution in [0.5, 0.6) is 0 Å². The molecule has 0 aromatic heterocycles. The van der Waals surface area contributed by atoms with Gasteiger partial charge in [-0.1, -0.05) is 18.2 Å². The Morgan fingerprint density at radius 1 is 1.20 bits per heavy atom. The highest BCUT2D eigenvalue weighted by molar-refractivity contribution is 5.80. The van der Waals surface area contributed by atoms with Crippen molar-refractivity contribution in [1.82, 2.24) is 10.6 Å². The molecule has 0 amide bonds. The summed E-state index contributed by atoms with van der Waals surface area (Å²) < 4.78 is 19.4. The Morgan fingerprint density at radius 3 is 2.56 bits per heavy atom. The normalized spacial score (nSPS) is 21.6. The molecule has 5 nitrogen and oxygen atoms in total. The zero-order valence-corrected chi connectivity index (χ0v) is 14.9. The van der Waals surface area contributed by atoms with Gasteiger partial charge in [-0.25, -0.2) is 4.39 Å². The van der Waals surface area contributed by atoms with Crippen molar-refractivity contribution in [2.45, 2.75) is 43.6 Å². The molecule has 3 N–H and O–H groups in total. The highest BCUT2D eigenvalue weighted by atomic mass is 19.1. The lowest BCUT2D eigenvalue weighted by atomic mass is 9.95. The summed E-state index contributed by atoms with van der Waals surface area (Å²) in [5.74, 6) is 0.533. The van der Waals surface area contributed by atoms with Crippen LogP contribution in [0.2, 0.25) is 0 Å². The maximum Gasteiger partial charge on any atom is 0.191 e. The average molecular weight is 349 g/mol. The average Bonchev–Trinajstić information content (AvgIpc) is 3.39. The molecule has 0 bridgehead atoms. The first-order chi connectivity index (χ1) is 12.1. The number of guanidine groups is 1. The van der Waals surface area contributed by atoms with Crippen molar-refractivity contribution in [2.75, 3.05) is 32.8 Å². The van der Waals surface area contributed by atoms with E-state index < -0.39 is 5.60 Å². The molecule has 1 saturated carbocycles. The molecule has 1 aromatic carbocycles. The first kappa shape index (κ1) is 18.1. The molecule has 1 aliphatic carbocycles. The lowest BCUT2D eigenvalue weighted by Gasteiger charge is -2.30. The molecule has 6 heteroatoms. The van der Waals surface area contributed by atoms with Gasteiger partial charge in [-0.2, -0.15) is 0 Å². The Bertz CT molecular complexity index is 610. The summed E-state index contributed by atoms with van der Waals surface area (Å²) in [5, 5.41) is 17.1. The number of nitrogens with one attached hydrogen (secondary N) is 2. The van der Waals surface area contributed by atoms with Crippen molar-refractivity contribution >= 4 is 5.96 Å². The Kier molecular flexibility index (Phi) is 5.59. The van der Waals surface area contributed by atoms with Crippen LogP contribution >= 0.6 is 0 Å². The number of rotatable bonds is 6. The minimum atomic E-state index is -0.788. The van der Waals surface area contributed by atoms with Crippen LogP contribution in [0.3, 0.4) is 0 Å². The van der Waals surface area contributed by atoms with Crippen LogP contribution in [0.1, 0.15) is 38.2 Å². The van der Waals surface area contributed by atoms with Gasteiger partial charge < -0.3 is 20.5 Å². The number of halogens is 1. The predicted molar refractivity (Wildman–Crippen MR) is 96.3 cm³/mol. The maximum absolute atomic E-state index is 14.1. The van der Waals surface area contributed by atoms with Gasteiger partial charge in [0, 0.05) is 44.6 Å². The SMILES string of the molecule is CCNC(=NCC1(O)CCOCC1)NCC1(c2ccccc2F)CC1. The molecule has 0 radical (unpaired) electrons. The van der Waals surface area contributed by atoms with Gasteiger partial charge in [-0.05, 0) is 31.4 Å². The van der Waals surface area contributed by atoms with Gasteiger partial charge in [0.2, 0.25) is 0 Å². The Balaban J connectivity index is 1.62. The summed E-state index contributed by atoms with van der Waals surface area (Å²) in [5.41, 5.74) is -0.151. The summed E-state index contributed by atoms with van der Waals surface area (Å²) in [4.78, 5) is 4.55. The van der Waals surface area contributed by atoms with Crippen molar-refractivity contribution in [3.8, 4) is 0 Å². The van der Waals surface area contributed by atoms with Crippen LogP contribution in [-0.4, -0.2) is 49.5 Å². The van der Waals surface area contributed by atoms with Crippen LogP contribution in [0.25, 0.3) is 0 Å². The van der Waals surface area contributed by atoms with Crippen LogP contribution in [0, 0.1) is 5.82 Å². The third kappa shape index (κ3) is 4.50. The van der Waals surface area contributed by atoms with E-state index in [1.165, 1.54) is 6.07 Å². The Hall–Kier alpha value is -1.66. The molecule has 2 aliphatic rings. The van der Waals surface area contributed by atoms with E-state index in [1.807, 2.05) is 19.1 Å². The number of aliphatic imine (C=N–C) groups is 1. The van der Waals surface area contributed by atoms with Crippen LogP contribution in [0.15, 0.2) is 29.3 Å². The van der Waals surface area contributed by atoms with Crippen molar-refractivity contribution in [3.05, 3.63) is 35.6 Å². The van der Waals surface area contributed by atoms with Crippen LogP contribution in [0.4, 0.5) is 4.39 Å². The first-order valence-corrected chi connectivity index (χ1v) is 9.14. The zero-order chi connectivity index (χ0) is 17.8. The first-order valence-electron chi connectivity index (χ1n) is 9.14. The van der Waals surface area contributed by atoms with Gasteiger partial charge in [0.05, 0.1) is 12.1 Å². The summed E-state index contributed by atoms with van der Waals surface area (Å²) >= 11 is 0. The summed E-state index contributed by atoms with van der Waals surface area (Å²) in [7, 11) is 0. The van der Waals surface area contributed by atoms with E-state index in [0.29, 0.717) is 45.1 Å². The molecule has 25 heavy (non-hydrogen) atoms. The van der Waals surface area contributed by atoms with Gasteiger partial charge in [-0.15, -0.1) is 0 Å². The van der Waals surface area contributed by atoms with Gasteiger partial charge in [0.15, 0.2) is 5.96 Å². The van der Waals surface area contributed by atoms with E-state index in [-0.39, 0.29) is 11.2 Å². The largest absolute Gasteiger partial charge is 0.388 e. The Labute approximate surface area is 148 Å². The quantitative estimate of drug-likeness (QED) is 0.543. The highest BCUT2D eigenvalue weighted by Gasteiger charge is 2.45. The van der Waals surface area contributed by atoms with Crippen molar-refractivity contribution in [1.29, 1.82) is 0 Å². The van der Waals surface area contributed by atoms with E-state index in [4.69, 9.17) is 4.74 Å².